The van der Waals surface area contributed by atoms with Gasteiger partial charge in [-0.1, -0.05) is 29.8 Å². The summed E-state index contributed by atoms with van der Waals surface area (Å²) in [5, 5.41) is 3.79. The molecule has 0 unspecified atom stereocenters. The van der Waals surface area contributed by atoms with E-state index in [1.165, 1.54) is 0 Å². The van der Waals surface area contributed by atoms with Crippen LogP contribution >= 0.6 is 15.9 Å². The summed E-state index contributed by atoms with van der Waals surface area (Å²) in [6.07, 6.45) is 1.85. The molecule has 0 rings (SSSR count). The van der Waals surface area contributed by atoms with Gasteiger partial charge in [-0.3, -0.25) is 4.79 Å². The van der Waals surface area contributed by atoms with E-state index in [0.717, 1.165) is 18.2 Å². The first kappa shape index (κ1) is 13.9. The van der Waals surface area contributed by atoms with Gasteiger partial charge in [-0.2, -0.15) is 0 Å². The molecule has 0 fully saturated rings. The van der Waals surface area contributed by atoms with Crippen molar-refractivity contribution in [3.05, 3.63) is 0 Å². The third-order valence-electron chi connectivity index (χ3n) is 2.45. The van der Waals surface area contributed by atoms with Crippen LogP contribution in [0.3, 0.4) is 0 Å². The summed E-state index contributed by atoms with van der Waals surface area (Å²) in [5.74, 6) is -0.0324. The highest BCUT2D eigenvalue weighted by atomic mass is 79.9. The number of hydrogen-bond acceptors (Lipinski definition) is 2. The Hall–Kier alpha value is -0.0900. The van der Waals surface area contributed by atoms with E-state index in [1.807, 2.05) is 6.92 Å². The van der Waals surface area contributed by atoms with E-state index < -0.39 is 0 Å². The third kappa shape index (κ3) is 4.42. The maximum atomic E-state index is 11.4. The first-order chi connectivity index (χ1) is 6.64. The van der Waals surface area contributed by atoms with Crippen molar-refractivity contribution < 1.29 is 9.53 Å². The second-order valence-corrected chi connectivity index (χ2v) is 3.87. The van der Waals surface area contributed by atoms with Gasteiger partial charge in [0, 0.05) is 17.5 Å². The molecule has 1 amide bonds. The lowest BCUT2D eigenvalue weighted by Crippen LogP contribution is -2.50. The Bertz CT molecular complexity index is 161. The molecule has 0 atom stereocenters. The predicted octanol–water partition coefficient (Wildman–Crippen LogP) is 2.09. The van der Waals surface area contributed by atoms with Crippen LogP contribution in [-0.2, 0) is 9.53 Å². The zero-order valence-electron chi connectivity index (χ0n) is 9.23. The Labute approximate surface area is 94.7 Å². The van der Waals surface area contributed by atoms with E-state index in [2.05, 4.69) is 35.1 Å². The van der Waals surface area contributed by atoms with Gasteiger partial charge >= 0.3 is 0 Å². The van der Waals surface area contributed by atoms with Gasteiger partial charge in [0.15, 0.2) is 0 Å². The van der Waals surface area contributed by atoms with Crippen LogP contribution in [0.25, 0.3) is 0 Å². The van der Waals surface area contributed by atoms with Crippen molar-refractivity contribution in [3.8, 4) is 0 Å². The van der Waals surface area contributed by atoms with Crippen LogP contribution < -0.4 is 5.32 Å². The van der Waals surface area contributed by atoms with E-state index in [-0.39, 0.29) is 18.1 Å². The van der Waals surface area contributed by atoms with Gasteiger partial charge < -0.3 is 10.1 Å². The Morgan fingerprint density at radius 2 is 1.93 bits per heavy atom. The Morgan fingerprint density at radius 3 is 2.29 bits per heavy atom. The first-order valence-electron chi connectivity index (χ1n) is 5.08. The molecule has 0 aromatic rings. The SMILES string of the molecule is CCOCC(=O)NC(CC)(CC)CBr. The second kappa shape index (κ2) is 7.23. The van der Waals surface area contributed by atoms with Crippen molar-refractivity contribution in [2.24, 2.45) is 0 Å². The fraction of sp³-hybridized carbons (Fsp3) is 0.900. The fourth-order valence-corrected chi connectivity index (χ4v) is 2.11. The van der Waals surface area contributed by atoms with Crippen molar-refractivity contribution >= 4 is 21.8 Å². The zero-order chi connectivity index (χ0) is 11.0. The molecule has 0 radical (unpaired) electrons. The molecule has 14 heavy (non-hydrogen) atoms. The average molecular weight is 266 g/mol. The molecule has 4 heteroatoms. The topological polar surface area (TPSA) is 38.3 Å². The summed E-state index contributed by atoms with van der Waals surface area (Å²) in [6.45, 7) is 6.76. The Balaban J connectivity index is 4.08. The monoisotopic (exact) mass is 265 g/mol. The number of alkyl halides is 1. The molecule has 0 saturated heterocycles. The lowest BCUT2D eigenvalue weighted by atomic mass is 9.95. The van der Waals surface area contributed by atoms with Crippen molar-refractivity contribution in [1.82, 2.24) is 5.32 Å². The Kier molecular flexibility index (Phi) is 7.19. The van der Waals surface area contributed by atoms with Gasteiger partial charge in [0.05, 0.1) is 0 Å². The maximum absolute atomic E-state index is 11.4. The van der Waals surface area contributed by atoms with Crippen LogP contribution in [0.2, 0.25) is 0 Å². The highest BCUT2D eigenvalue weighted by Gasteiger charge is 2.26. The molecular formula is C10H20BrNO2. The van der Waals surface area contributed by atoms with Crippen molar-refractivity contribution in [3.63, 3.8) is 0 Å². The average Bonchev–Trinajstić information content (AvgIpc) is 2.23. The van der Waals surface area contributed by atoms with Crippen molar-refractivity contribution in [2.75, 3.05) is 18.5 Å². The molecular weight excluding hydrogens is 246 g/mol. The van der Waals surface area contributed by atoms with E-state index in [1.54, 1.807) is 0 Å². The number of hydrogen-bond donors (Lipinski definition) is 1. The molecule has 0 spiro atoms. The molecule has 84 valence electrons. The van der Waals surface area contributed by atoms with Crippen LogP contribution in [0.5, 0.6) is 0 Å². The van der Waals surface area contributed by atoms with Gasteiger partial charge in [0.1, 0.15) is 6.61 Å². The predicted molar refractivity (Wildman–Crippen MR) is 61.7 cm³/mol. The third-order valence-corrected chi connectivity index (χ3v) is 3.52. The molecule has 0 aliphatic rings. The number of rotatable bonds is 7. The highest BCUT2D eigenvalue weighted by molar-refractivity contribution is 9.09. The minimum Gasteiger partial charge on any atom is -0.372 e. The molecule has 0 bridgehead atoms. The van der Waals surface area contributed by atoms with Crippen LogP contribution in [0.4, 0.5) is 0 Å². The number of halogens is 1. The van der Waals surface area contributed by atoms with Crippen LogP contribution in [-0.4, -0.2) is 30.0 Å². The molecule has 0 aliphatic heterocycles. The molecule has 3 nitrogen and oxygen atoms in total. The summed E-state index contributed by atoms with van der Waals surface area (Å²) in [6, 6.07) is 0. The summed E-state index contributed by atoms with van der Waals surface area (Å²) in [4.78, 5) is 11.4. The lowest BCUT2D eigenvalue weighted by molar-refractivity contribution is -0.127. The summed E-state index contributed by atoms with van der Waals surface area (Å²) >= 11 is 3.43. The minimum atomic E-state index is -0.117. The van der Waals surface area contributed by atoms with E-state index in [9.17, 15) is 4.79 Å². The highest BCUT2D eigenvalue weighted by Crippen LogP contribution is 2.17. The zero-order valence-corrected chi connectivity index (χ0v) is 10.8. The van der Waals surface area contributed by atoms with Gasteiger partial charge in [0.2, 0.25) is 5.91 Å². The van der Waals surface area contributed by atoms with Gasteiger partial charge in [-0.15, -0.1) is 0 Å². The Morgan fingerprint density at radius 1 is 1.36 bits per heavy atom. The van der Waals surface area contributed by atoms with Crippen molar-refractivity contribution in [2.45, 2.75) is 39.2 Å². The van der Waals surface area contributed by atoms with Crippen molar-refractivity contribution in [1.29, 1.82) is 0 Å². The summed E-state index contributed by atoms with van der Waals surface area (Å²) in [5.41, 5.74) is -0.117. The first-order valence-corrected chi connectivity index (χ1v) is 6.21. The minimum absolute atomic E-state index is 0.0324. The molecule has 0 heterocycles. The number of carbonyl (C=O) groups excluding carboxylic acids is 1. The smallest absolute Gasteiger partial charge is 0.246 e. The molecule has 0 aromatic carbocycles. The molecule has 0 aliphatic carbocycles. The number of amides is 1. The van der Waals surface area contributed by atoms with Gasteiger partial charge in [-0.05, 0) is 19.8 Å². The largest absolute Gasteiger partial charge is 0.372 e. The summed E-state index contributed by atoms with van der Waals surface area (Å²) < 4.78 is 5.05. The standard InChI is InChI=1S/C10H20BrNO2/c1-4-10(5-2,8-11)12-9(13)7-14-6-3/h4-8H2,1-3H3,(H,12,13). The lowest BCUT2D eigenvalue weighted by Gasteiger charge is -2.30. The van der Waals surface area contributed by atoms with Crippen LogP contribution in [0.1, 0.15) is 33.6 Å². The number of carbonyl (C=O) groups is 1. The maximum Gasteiger partial charge on any atom is 0.246 e. The van der Waals surface area contributed by atoms with Gasteiger partial charge in [-0.25, -0.2) is 0 Å². The fourth-order valence-electron chi connectivity index (χ4n) is 1.18. The normalized spacial score (nSPS) is 11.4. The molecule has 0 saturated carbocycles. The van der Waals surface area contributed by atoms with Gasteiger partial charge in [0.25, 0.3) is 0 Å². The second-order valence-electron chi connectivity index (χ2n) is 3.31. The van der Waals surface area contributed by atoms with Crippen LogP contribution in [0.15, 0.2) is 0 Å². The van der Waals surface area contributed by atoms with E-state index in [4.69, 9.17) is 4.74 Å². The van der Waals surface area contributed by atoms with Crippen LogP contribution in [0, 0.1) is 0 Å². The molecule has 1 N–H and O–H groups in total. The quantitative estimate of drug-likeness (QED) is 0.716. The van der Waals surface area contributed by atoms with E-state index in [0.29, 0.717) is 6.61 Å². The summed E-state index contributed by atoms with van der Waals surface area (Å²) in [7, 11) is 0. The van der Waals surface area contributed by atoms with E-state index >= 15 is 0 Å². The number of ether oxygens (including phenoxy) is 1. The number of nitrogens with one attached hydrogen (secondary N) is 1. The molecule has 0 aromatic heterocycles.